The highest BCUT2D eigenvalue weighted by molar-refractivity contribution is 5.95. The number of hydrogen-bond acceptors (Lipinski definition) is 4. The number of rotatable bonds is 6. The number of carbonyl (C=O) groups excluding carboxylic acids is 1. The minimum absolute atomic E-state index is 0.160. The van der Waals surface area contributed by atoms with Crippen LogP contribution in [-0.4, -0.2) is 33.2 Å². The summed E-state index contributed by atoms with van der Waals surface area (Å²) in [6.07, 6.45) is 7.16. The van der Waals surface area contributed by atoms with E-state index in [1.807, 2.05) is 23.8 Å². The zero-order chi connectivity index (χ0) is 15.5. The molecule has 3 rings (SSSR count). The third kappa shape index (κ3) is 3.33. The summed E-state index contributed by atoms with van der Waals surface area (Å²) in [4.78, 5) is 20.8. The van der Waals surface area contributed by atoms with Crippen LogP contribution in [0.4, 0.5) is 5.69 Å². The molecule has 0 radical (unpaired) electrons. The molecule has 6 heteroatoms. The fourth-order valence-corrected chi connectivity index (χ4v) is 2.16. The molecule has 2 heterocycles. The van der Waals surface area contributed by atoms with Crippen molar-refractivity contribution >= 4 is 11.6 Å². The van der Waals surface area contributed by atoms with Crippen LogP contribution in [0.25, 0.3) is 5.82 Å². The van der Waals surface area contributed by atoms with Gasteiger partial charge in [0.25, 0.3) is 5.91 Å². The molecule has 1 aliphatic carbocycles. The Hall–Kier alpha value is -2.21. The first-order valence-corrected chi connectivity index (χ1v) is 7.53. The van der Waals surface area contributed by atoms with E-state index in [9.17, 15) is 4.79 Å². The van der Waals surface area contributed by atoms with Crippen LogP contribution in [0, 0.1) is 12.8 Å². The van der Waals surface area contributed by atoms with Gasteiger partial charge >= 0.3 is 0 Å². The molecule has 0 saturated heterocycles. The van der Waals surface area contributed by atoms with Gasteiger partial charge in [0.1, 0.15) is 11.9 Å². The second-order valence-corrected chi connectivity index (χ2v) is 5.63. The SMILES string of the molecule is Cc1nccn1-c1ncccc1NC(=O)[C@H](C)OCC1CC1. The molecule has 6 nitrogen and oxygen atoms in total. The quantitative estimate of drug-likeness (QED) is 0.889. The molecule has 0 bridgehead atoms. The lowest BCUT2D eigenvalue weighted by Gasteiger charge is -2.15. The highest BCUT2D eigenvalue weighted by atomic mass is 16.5. The van der Waals surface area contributed by atoms with E-state index in [-0.39, 0.29) is 5.91 Å². The number of hydrogen-bond donors (Lipinski definition) is 1. The molecular formula is C16H20N4O2. The van der Waals surface area contributed by atoms with Crippen LogP contribution in [0.15, 0.2) is 30.7 Å². The third-order valence-electron chi connectivity index (χ3n) is 3.75. The van der Waals surface area contributed by atoms with Gasteiger partial charge in [0, 0.05) is 18.6 Å². The lowest BCUT2D eigenvalue weighted by atomic mass is 10.3. The van der Waals surface area contributed by atoms with E-state index < -0.39 is 6.10 Å². The van der Waals surface area contributed by atoms with Crippen LogP contribution < -0.4 is 5.32 Å². The maximum absolute atomic E-state index is 12.3. The maximum atomic E-state index is 12.3. The molecule has 2 aromatic rings. The molecular weight excluding hydrogens is 280 g/mol. The van der Waals surface area contributed by atoms with E-state index in [2.05, 4.69) is 15.3 Å². The fourth-order valence-electron chi connectivity index (χ4n) is 2.16. The number of anilines is 1. The predicted molar refractivity (Wildman–Crippen MR) is 82.9 cm³/mol. The Morgan fingerprint density at radius 1 is 1.45 bits per heavy atom. The van der Waals surface area contributed by atoms with Gasteiger partial charge in [0.15, 0.2) is 5.82 Å². The van der Waals surface area contributed by atoms with E-state index >= 15 is 0 Å². The van der Waals surface area contributed by atoms with Crippen LogP contribution in [0.5, 0.6) is 0 Å². The molecule has 2 aromatic heterocycles. The van der Waals surface area contributed by atoms with Crippen LogP contribution in [0.1, 0.15) is 25.6 Å². The van der Waals surface area contributed by atoms with E-state index in [4.69, 9.17) is 4.74 Å². The number of amides is 1. The summed E-state index contributed by atoms with van der Waals surface area (Å²) >= 11 is 0. The molecule has 1 amide bonds. The number of carbonyl (C=O) groups is 1. The summed E-state index contributed by atoms with van der Waals surface area (Å²) in [5.74, 6) is 1.94. The first-order chi connectivity index (χ1) is 10.6. The zero-order valence-corrected chi connectivity index (χ0v) is 12.8. The Morgan fingerprint density at radius 3 is 2.95 bits per heavy atom. The molecule has 1 N–H and O–H groups in total. The summed E-state index contributed by atoms with van der Waals surface area (Å²) in [7, 11) is 0. The second kappa shape index (κ2) is 6.27. The molecule has 1 atom stereocenters. The number of imidazole rings is 1. The minimum atomic E-state index is -0.474. The lowest BCUT2D eigenvalue weighted by Crippen LogP contribution is -2.29. The van der Waals surface area contributed by atoms with Crippen molar-refractivity contribution in [3.05, 3.63) is 36.5 Å². The summed E-state index contributed by atoms with van der Waals surface area (Å²) in [5.41, 5.74) is 0.649. The number of nitrogens with one attached hydrogen (secondary N) is 1. The smallest absolute Gasteiger partial charge is 0.253 e. The van der Waals surface area contributed by atoms with Crippen molar-refractivity contribution in [2.45, 2.75) is 32.8 Å². The number of nitrogens with zero attached hydrogens (tertiary/aromatic N) is 3. The fraction of sp³-hybridized carbons (Fsp3) is 0.438. The Kier molecular flexibility index (Phi) is 4.20. The van der Waals surface area contributed by atoms with E-state index in [0.717, 1.165) is 5.82 Å². The van der Waals surface area contributed by atoms with Gasteiger partial charge < -0.3 is 10.1 Å². The largest absolute Gasteiger partial charge is 0.368 e. The van der Waals surface area contributed by atoms with E-state index in [1.54, 1.807) is 25.4 Å². The van der Waals surface area contributed by atoms with Crippen LogP contribution >= 0.6 is 0 Å². The summed E-state index contributed by atoms with van der Waals surface area (Å²) in [6, 6.07) is 3.62. The van der Waals surface area contributed by atoms with Crippen molar-refractivity contribution in [3.8, 4) is 5.82 Å². The standard InChI is InChI=1S/C16H20N4O2/c1-11(22-10-13-5-6-13)16(21)19-14-4-3-7-18-15(14)20-9-8-17-12(20)2/h3-4,7-9,11,13H,5-6,10H2,1-2H3,(H,19,21)/t11-/m0/s1. The summed E-state index contributed by atoms with van der Waals surface area (Å²) in [5, 5.41) is 2.89. The van der Waals surface area contributed by atoms with Gasteiger partial charge in [-0.2, -0.15) is 0 Å². The van der Waals surface area contributed by atoms with Gasteiger partial charge in [0.05, 0.1) is 12.3 Å². The molecule has 1 fully saturated rings. The van der Waals surface area contributed by atoms with Crippen LogP contribution in [0.3, 0.4) is 0 Å². The molecule has 0 aromatic carbocycles. The predicted octanol–water partition coefficient (Wildman–Crippen LogP) is 2.33. The zero-order valence-electron chi connectivity index (χ0n) is 12.8. The highest BCUT2D eigenvalue weighted by Gasteiger charge is 2.24. The number of aromatic nitrogens is 3. The van der Waals surface area contributed by atoms with Gasteiger partial charge in [0.2, 0.25) is 0 Å². The van der Waals surface area contributed by atoms with Crippen molar-refractivity contribution in [1.82, 2.24) is 14.5 Å². The van der Waals surface area contributed by atoms with E-state index in [0.29, 0.717) is 24.0 Å². The summed E-state index contributed by atoms with van der Waals surface area (Å²) in [6.45, 7) is 4.33. The van der Waals surface area contributed by atoms with E-state index in [1.165, 1.54) is 12.8 Å². The first kappa shape index (κ1) is 14.7. The number of aryl methyl sites for hydroxylation is 1. The number of pyridine rings is 1. The molecule has 22 heavy (non-hydrogen) atoms. The normalized spacial score (nSPS) is 15.5. The second-order valence-electron chi connectivity index (χ2n) is 5.63. The van der Waals surface area contributed by atoms with Gasteiger partial charge in [-0.05, 0) is 44.7 Å². The Bertz CT molecular complexity index is 664. The monoisotopic (exact) mass is 300 g/mol. The minimum Gasteiger partial charge on any atom is -0.368 e. The van der Waals surface area contributed by atoms with Crippen LogP contribution in [0.2, 0.25) is 0 Å². The van der Waals surface area contributed by atoms with Crippen molar-refractivity contribution in [1.29, 1.82) is 0 Å². The summed E-state index contributed by atoms with van der Waals surface area (Å²) < 4.78 is 7.44. The lowest BCUT2D eigenvalue weighted by molar-refractivity contribution is -0.126. The molecule has 1 aliphatic rings. The van der Waals surface area contributed by atoms with Crippen molar-refractivity contribution < 1.29 is 9.53 Å². The van der Waals surface area contributed by atoms with Gasteiger partial charge in [-0.3, -0.25) is 9.36 Å². The maximum Gasteiger partial charge on any atom is 0.253 e. The molecule has 0 aliphatic heterocycles. The topological polar surface area (TPSA) is 69.0 Å². The average molecular weight is 300 g/mol. The Morgan fingerprint density at radius 2 is 2.27 bits per heavy atom. The first-order valence-electron chi connectivity index (χ1n) is 7.53. The molecule has 116 valence electrons. The number of ether oxygens (including phenoxy) is 1. The highest BCUT2D eigenvalue weighted by Crippen LogP contribution is 2.29. The van der Waals surface area contributed by atoms with Crippen LogP contribution in [-0.2, 0) is 9.53 Å². The van der Waals surface area contributed by atoms with Gasteiger partial charge in [-0.15, -0.1) is 0 Å². The van der Waals surface area contributed by atoms with Crippen molar-refractivity contribution in [3.63, 3.8) is 0 Å². The van der Waals surface area contributed by atoms with Gasteiger partial charge in [-0.25, -0.2) is 9.97 Å². The Labute approximate surface area is 129 Å². The molecule has 0 spiro atoms. The van der Waals surface area contributed by atoms with Crippen molar-refractivity contribution in [2.24, 2.45) is 5.92 Å². The van der Waals surface area contributed by atoms with Crippen molar-refractivity contribution in [2.75, 3.05) is 11.9 Å². The third-order valence-corrected chi connectivity index (χ3v) is 3.75. The molecule has 1 saturated carbocycles. The Balaban J connectivity index is 1.71. The van der Waals surface area contributed by atoms with Gasteiger partial charge in [-0.1, -0.05) is 0 Å². The average Bonchev–Trinajstić information content (AvgIpc) is 3.26. The molecule has 0 unspecified atom stereocenters.